The zero-order chi connectivity index (χ0) is 16.0. The summed E-state index contributed by atoms with van der Waals surface area (Å²) >= 11 is 2.04. The summed E-state index contributed by atoms with van der Waals surface area (Å²) in [5.74, 6) is -0.230. The Balaban J connectivity index is 2.95. The van der Waals surface area contributed by atoms with E-state index >= 15 is 0 Å². The van der Waals surface area contributed by atoms with Crippen LogP contribution in [0.25, 0.3) is 0 Å². The van der Waals surface area contributed by atoms with Crippen LogP contribution in [-0.4, -0.2) is 39.3 Å². The molecule has 0 atom stereocenters. The summed E-state index contributed by atoms with van der Waals surface area (Å²) in [7, 11) is -0.589. The van der Waals surface area contributed by atoms with Crippen LogP contribution in [0.4, 0.5) is 0 Å². The monoisotopic (exact) mass is 424 g/mol. The highest BCUT2D eigenvalue weighted by molar-refractivity contribution is 14.1. The second-order valence-corrected chi connectivity index (χ2v) is 8.21. The van der Waals surface area contributed by atoms with E-state index in [-0.39, 0.29) is 10.8 Å². The Morgan fingerprint density at radius 3 is 2.52 bits per heavy atom. The molecule has 0 saturated carbocycles. The van der Waals surface area contributed by atoms with E-state index in [0.29, 0.717) is 12.1 Å². The Morgan fingerprint density at radius 1 is 1.29 bits per heavy atom. The van der Waals surface area contributed by atoms with Crippen molar-refractivity contribution in [2.45, 2.75) is 31.1 Å². The number of nitrogens with one attached hydrogen (secondary N) is 1. The first-order chi connectivity index (χ1) is 9.80. The Bertz CT molecular complexity index is 600. The van der Waals surface area contributed by atoms with Gasteiger partial charge in [0.25, 0.3) is 5.91 Å². The Kier molecular flexibility index (Phi) is 7.08. The summed E-state index contributed by atoms with van der Waals surface area (Å²) in [6.07, 6.45) is 3.07. The summed E-state index contributed by atoms with van der Waals surface area (Å²) in [5.41, 5.74) is 0.398. The number of nitrogens with zero attached hydrogens (tertiary/aromatic N) is 1. The molecule has 0 saturated heterocycles. The molecule has 1 aromatic carbocycles. The molecular weight excluding hydrogens is 403 g/mol. The lowest BCUT2D eigenvalue weighted by Gasteiger charge is -2.13. The fourth-order valence-corrected chi connectivity index (χ4v) is 3.23. The number of amides is 1. The van der Waals surface area contributed by atoms with Crippen molar-refractivity contribution in [2.75, 3.05) is 20.6 Å². The molecule has 118 valence electrons. The average molecular weight is 424 g/mol. The number of unbranched alkanes of at least 4 members (excludes halogenated alkanes) is 2. The lowest BCUT2D eigenvalue weighted by Crippen LogP contribution is -2.26. The average Bonchev–Trinajstić information content (AvgIpc) is 2.43. The molecule has 0 radical (unpaired) electrons. The SMILES string of the molecule is CCCCCNC(=O)c1cc(S(=O)(=O)N(C)C)ccc1I. The predicted octanol–water partition coefficient (Wildman–Crippen LogP) is 2.46. The number of sulfonamides is 1. The molecule has 0 fully saturated rings. The van der Waals surface area contributed by atoms with E-state index in [9.17, 15) is 13.2 Å². The van der Waals surface area contributed by atoms with E-state index in [2.05, 4.69) is 12.2 Å². The molecule has 0 aliphatic heterocycles. The van der Waals surface area contributed by atoms with E-state index in [1.807, 2.05) is 22.6 Å². The molecule has 0 spiro atoms. The van der Waals surface area contributed by atoms with Crippen LogP contribution in [0.15, 0.2) is 23.1 Å². The highest BCUT2D eigenvalue weighted by Gasteiger charge is 2.20. The minimum Gasteiger partial charge on any atom is -0.352 e. The lowest BCUT2D eigenvalue weighted by atomic mass is 10.2. The summed E-state index contributed by atoms with van der Waals surface area (Å²) in [4.78, 5) is 12.3. The topological polar surface area (TPSA) is 66.5 Å². The fraction of sp³-hybridized carbons (Fsp3) is 0.500. The van der Waals surface area contributed by atoms with Gasteiger partial charge in [0.05, 0.1) is 10.5 Å². The number of hydrogen-bond acceptors (Lipinski definition) is 3. The van der Waals surface area contributed by atoms with Gasteiger partial charge in [-0.3, -0.25) is 4.79 Å². The normalized spacial score (nSPS) is 11.7. The first-order valence-electron chi connectivity index (χ1n) is 6.81. The number of benzene rings is 1. The molecule has 1 amide bonds. The van der Waals surface area contributed by atoms with Crippen LogP contribution in [0, 0.1) is 3.57 Å². The highest BCUT2D eigenvalue weighted by atomic mass is 127. The molecule has 0 aliphatic rings. The molecule has 0 aliphatic carbocycles. The third-order valence-corrected chi connectivity index (χ3v) is 5.78. The quantitative estimate of drug-likeness (QED) is 0.540. The van der Waals surface area contributed by atoms with Crippen LogP contribution in [0.3, 0.4) is 0 Å². The Hall–Kier alpha value is -0.670. The molecule has 5 nitrogen and oxygen atoms in total. The molecule has 0 bridgehead atoms. The van der Waals surface area contributed by atoms with Gasteiger partial charge in [-0.2, -0.15) is 0 Å². The fourth-order valence-electron chi connectivity index (χ4n) is 1.72. The molecule has 1 N–H and O–H groups in total. The molecule has 1 aromatic rings. The number of hydrogen-bond donors (Lipinski definition) is 1. The van der Waals surface area contributed by atoms with Crippen LogP contribution in [0.2, 0.25) is 0 Å². The maximum Gasteiger partial charge on any atom is 0.252 e. The van der Waals surface area contributed by atoms with Gasteiger partial charge in [-0.15, -0.1) is 0 Å². The third-order valence-electron chi connectivity index (χ3n) is 3.03. The van der Waals surface area contributed by atoms with Gasteiger partial charge >= 0.3 is 0 Å². The van der Waals surface area contributed by atoms with Crippen molar-refractivity contribution in [1.29, 1.82) is 0 Å². The lowest BCUT2D eigenvalue weighted by molar-refractivity contribution is 0.0952. The van der Waals surface area contributed by atoms with Crippen LogP contribution in [0.5, 0.6) is 0 Å². The standard InChI is InChI=1S/C14H21IN2O3S/c1-4-5-6-9-16-14(18)12-10-11(7-8-13(12)15)21(19,20)17(2)3/h7-8,10H,4-6,9H2,1-3H3,(H,16,18). The molecule has 7 heteroatoms. The van der Waals surface area contributed by atoms with Gasteiger partial charge in [-0.05, 0) is 47.2 Å². The predicted molar refractivity (Wildman–Crippen MR) is 91.9 cm³/mol. The van der Waals surface area contributed by atoms with Crippen molar-refractivity contribution in [2.24, 2.45) is 0 Å². The maximum absolute atomic E-state index is 12.2. The number of carbonyl (C=O) groups is 1. The van der Waals surface area contributed by atoms with E-state index < -0.39 is 10.0 Å². The highest BCUT2D eigenvalue weighted by Crippen LogP contribution is 2.20. The Labute approximate surface area is 140 Å². The summed E-state index contributed by atoms with van der Waals surface area (Å²) in [6.45, 7) is 2.70. The second kappa shape index (κ2) is 8.09. The first kappa shape index (κ1) is 18.4. The van der Waals surface area contributed by atoms with Crippen molar-refractivity contribution in [3.05, 3.63) is 27.3 Å². The zero-order valence-electron chi connectivity index (χ0n) is 12.5. The maximum atomic E-state index is 12.2. The second-order valence-electron chi connectivity index (χ2n) is 4.89. The summed E-state index contributed by atoms with van der Waals surface area (Å²) in [6, 6.07) is 4.61. The number of carbonyl (C=O) groups excluding carboxylic acids is 1. The molecule has 0 heterocycles. The van der Waals surface area contributed by atoms with Crippen molar-refractivity contribution in [3.63, 3.8) is 0 Å². The van der Waals surface area contributed by atoms with E-state index in [4.69, 9.17) is 0 Å². The molecular formula is C14H21IN2O3S. The van der Waals surface area contributed by atoms with E-state index in [1.165, 1.54) is 26.2 Å². The van der Waals surface area contributed by atoms with E-state index in [0.717, 1.165) is 27.1 Å². The summed E-state index contributed by atoms with van der Waals surface area (Å²) < 4.78 is 26.1. The third kappa shape index (κ3) is 4.93. The molecule has 0 aromatic heterocycles. The van der Waals surface area contributed by atoms with Gasteiger partial charge in [0.15, 0.2) is 0 Å². The van der Waals surface area contributed by atoms with Crippen molar-refractivity contribution >= 4 is 38.5 Å². The van der Waals surface area contributed by atoms with E-state index in [1.54, 1.807) is 6.07 Å². The van der Waals surface area contributed by atoms with Crippen LogP contribution in [0.1, 0.15) is 36.5 Å². The number of halogens is 1. The van der Waals surface area contributed by atoms with Gasteiger partial charge in [0, 0.05) is 24.2 Å². The summed E-state index contributed by atoms with van der Waals surface area (Å²) in [5, 5.41) is 2.83. The van der Waals surface area contributed by atoms with Crippen LogP contribution >= 0.6 is 22.6 Å². The van der Waals surface area contributed by atoms with Crippen LogP contribution < -0.4 is 5.32 Å². The van der Waals surface area contributed by atoms with Gasteiger partial charge in [0.1, 0.15) is 0 Å². The molecule has 1 rings (SSSR count). The van der Waals surface area contributed by atoms with Crippen LogP contribution in [-0.2, 0) is 10.0 Å². The van der Waals surface area contributed by atoms with Gasteiger partial charge in [0.2, 0.25) is 10.0 Å². The smallest absolute Gasteiger partial charge is 0.252 e. The minimum atomic E-state index is -3.53. The first-order valence-corrected chi connectivity index (χ1v) is 9.33. The van der Waals surface area contributed by atoms with Gasteiger partial charge < -0.3 is 5.32 Å². The van der Waals surface area contributed by atoms with Crippen molar-refractivity contribution in [3.8, 4) is 0 Å². The van der Waals surface area contributed by atoms with Crippen molar-refractivity contribution < 1.29 is 13.2 Å². The van der Waals surface area contributed by atoms with Gasteiger partial charge in [-0.25, -0.2) is 12.7 Å². The minimum absolute atomic E-state index is 0.131. The zero-order valence-corrected chi connectivity index (χ0v) is 15.5. The Morgan fingerprint density at radius 2 is 1.95 bits per heavy atom. The largest absolute Gasteiger partial charge is 0.352 e. The van der Waals surface area contributed by atoms with Crippen molar-refractivity contribution in [1.82, 2.24) is 9.62 Å². The van der Waals surface area contributed by atoms with Gasteiger partial charge in [-0.1, -0.05) is 19.8 Å². The number of rotatable bonds is 7. The molecule has 0 unspecified atom stereocenters. The molecule has 21 heavy (non-hydrogen) atoms.